The zero-order valence-electron chi connectivity index (χ0n) is 9.16. The molecule has 88 valence electrons. The minimum absolute atomic E-state index is 0.0799. The molecule has 6 heteroatoms. The van der Waals surface area contributed by atoms with Crippen LogP contribution >= 0.6 is 0 Å². The monoisotopic (exact) mass is 233 g/mol. The largest absolute Gasteiger partial charge is 0.490 e. The lowest BCUT2D eigenvalue weighted by Gasteiger charge is -2.09. The number of aromatic nitrogens is 1. The van der Waals surface area contributed by atoms with Crippen molar-refractivity contribution in [2.45, 2.75) is 0 Å². The van der Waals surface area contributed by atoms with E-state index in [2.05, 4.69) is 5.43 Å². The second kappa shape index (κ2) is 4.56. The van der Waals surface area contributed by atoms with Gasteiger partial charge in [0.15, 0.2) is 5.75 Å². The highest BCUT2D eigenvalue weighted by Gasteiger charge is 2.20. The van der Waals surface area contributed by atoms with Gasteiger partial charge in [0.1, 0.15) is 5.69 Å². The van der Waals surface area contributed by atoms with Crippen molar-refractivity contribution in [3.8, 4) is 5.75 Å². The number of rotatable bonds is 4. The second-order valence-electron chi connectivity index (χ2n) is 3.32. The van der Waals surface area contributed by atoms with Gasteiger partial charge in [0, 0.05) is 12.4 Å². The molecule has 0 saturated carbocycles. The SMILES string of the molecule is COc1cccc(Nn2cccc2)c1[N+](=O)[O-]. The van der Waals surface area contributed by atoms with Gasteiger partial charge in [-0.3, -0.25) is 20.2 Å². The van der Waals surface area contributed by atoms with E-state index in [1.54, 1.807) is 35.3 Å². The predicted octanol–water partition coefficient (Wildman–Crippen LogP) is 2.28. The maximum Gasteiger partial charge on any atom is 0.335 e. The summed E-state index contributed by atoms with van der Waals surface area (Å²) in [6.07, 6.45) is 3.51. The highest BCUT2D eigenvalue weighted by molar-refractivity contribution is 5.68. The molecule has 6 nitrogen and oxygen atoms in total. The average molecular weight is 233 g/mol. The number of methoxy groups -OCH3 is 1. The molecular weight excluding hydrogens is 222 g/mol. The molecule has 0 unspecified atom stereocenters. The van der Waals surface area contributed by atoms with Crippen molar-refractivity contribution < 1.29 is 9.66 Å². The summed E-state index contributed by atoms with van der Waals surface area (Å²) in [6.45, 7) is 0. The molecule has 1 aromatic carbocycles. The Kier molecular flexibility index (Phi) is 2.95. The molecular formula is C11H11N3O3. The van der Waals surface area contributed by atoms with Crippen molar-refractivity contribution in [2.24, 2.45) is 0 Å². The maximum absolute atomic E-state index is 11.0. The maximum atomic E-state index is 11.0. The quantitative estimate of drug-likeness (QED) is 0.649. The minimum Gasteiger partial charge on any atom is -0.490 e. The Bertz CT molecular complexity index is 523. The third-order valence-electron chi connectivity index (χ3n) is 2.26. The number of para-hydroxylation sites is 1. The standard InChI is InChI=1S/C11H11N3O3/c1-17-10-6-4-5-9(11(10)14(15)16)12-13-7-2-3-8-13/h2-8,12H,1H3. The average Bonchev–Trinajstić information content (AvgIpc) is 2.81. The number of anilines is 1. The Hall–Kier alpha value is -2.50. The molecule has 2 rings (SSSR count). The number of nitro groups is 1. The van der Waals surface area contributed by atoms with Crippen LogP contribution in [0.5, 0.6) is 5.75 Å². The second-order valence-corrected chi connectivity index (χ2v) is 3.32. The van der Waals surface area contributed by atoms with Gasteiger partial charge < -0.3 is 4.74 Å². The van der Waals surface area contributed by atoms with E-state index in [1.807, 2.05) is 12.1 Å². The van der Waals surface area contributed by atoms with Crippen LogP contribution in [-0.4, -0.2) is 16.7 Å². The summed E-state index contributed by atoms with van der Waals surface area (Å²) >= 11 is 0. The summed E-state index contributed by atoms with van der Waals surface area (Å²) in [6, 6.07) is 8.51. The summed E-state index contributed by atoms with van der Waals surface area (Å²) in [7, 11) is 1.40. The Morgan fingerprint density at radius 2 is 2.00 bits per heavy atom. The van der Waals surface area contributed by atoms with Crippen molar-refractivity contribution in [1.29, 1.82) is 0 Å². The molecule has 0 bridgehead atoms. The van der Waals surface area contributed by atoms with Crippen molar-refractivity contribution in [2.75, 3.05) is 12.5 Å². The fourth-order valence-electron chi connectivity index (χ4n) is 1.51. The van der Waals surface area contributed by atoms with Gasteiger partial charge in [-0.25, -0.2) is 0 Å². The van der Waals surface area contributed by atoms with E-state index in [4.69, 9.17) is 4.74 Å². The van der Waals surface area contributed by atoms with E-state index >= 15 is 0 Å². The molecule has 1 heterocycles. The molecule has 1 N–H and O–H groups in total. The van der Waals surface area contributed by atoms with Gasteiger partial charge in [-0.05, 0) is 24.3 Å². The Morgan fingerprint density at radius 3 is 2.59 bits per heavy atom. The Balaban J connectivity index is 2.42. The zero-order chi connectivity index (χ0) is 12.3. The fourth-order valence-corrected chi connectivity index (χ4v) is 1.51. The molecule has 0 amide bonds. The summed E-state index contributed by atoms with van der Waals surface area (Å²) < 4.78 is 6.60. The molecule has 0 radical (unpaired) electrons. The van der Waals surface area contributed by atoms with E-state index < -0.39 is 4.92 Å². The van der Waals surface area contributed by atoms with Crippen LogP contribution in [-0.2, 0) is 0 Å². The van der Waals surface area contributed by atoms with Crippen LogP contribution in [0.1, 0.15) is 0 Å². The molecule has 0 saturated heterocycles. The summed E-state index contributed by atoms with van der Waals surface area (Å²) in [5.74, 6) is 0.229. The number of nitrogens with one attached hydrogen (secondary N) is 1. The van der Waals surface area contributed by atoms with E-state index in [0.717, 1.165) is 0 Å². The van der Waals surface area contributed by atoms with Gasteiger partial charge in [0.2, 0.25) is 0 Å². The third kappa shape index (κ3) is 2.20. The van der Waals surface area contributed by atoms with Crippen molar-refractivity contribution >= 4 is 11.4 Å². The third-order valence-corrected chi connectivity index (χ3v) is 2.26. The molecule has 0 spiro atoms. The molecule has 0 aliphatic rings. The number of ether oxygens (including phenoxy) is 1. The highest BCUT2D eigenvalue weighted by atomic mass is 16.6. The van der Waals surface area contributed by atoms with Crippen molar-refractivity contribution in [3.63, 3.8) is 0 Å². The van der Waals surface area contributed by atoms with Crippen LogP contribution in [0.4, 0.5) is 11.4 Å². The van der Waals surface area contributed by atoms with Gasteiger partial charge in [-0.1, -0.05) is 6.07 Å². The molecule has 17 heavy (non-hydrogen) atoms. The summed E-state index contributed by atoms with van der Waals surface area (Å²) in [4.78, 5) is 10.5. The van der Waals surface area contributed by atoms with E-state index in [0.29, 0.717) is 5.69 Å². The molecule has 0 atom stereocenters. The van der Waals surface area contributed by atoms with Crippen LogP contribution < -0.4 is 10.2 Å². The lowest BCUT2D eigenvalue weighted by molar-refractivity contribution is -0.384. The Morgan fingerprint density at radius 1 is 1.29 bits per heavy atom. The summed E-state index contributed by atoms with van der Waals surface area (Å²) in [5, 5.41) is 11.0. The summed E-state index contributed by atoms with van der Waals surface area (Å²) in [5.41, 5.74) is 3.20. The molecule has 0 fully saturated rings. The molecule has 2 aromatic rings. The van der Waals surface area contributed by atoms with E-state index in [-0.39, 0.29) is 11.4 Å². The molecule has 0 aliphatic heterocycles. The van der Waals surface area contributed by atoms with Gasteiger partial charge >= 0.3 is 5.69 Å². The van der Waals surface area contributed by atoms with Crippen LogP contribution in [0.3, 0.4) is 0 Å². The number of nitro benzene ring substituents is 1. The van der Waals surface area contributed by atoms with E-state index in [1.165, 1.54) is 7.11 Å². The van der Waals surface area contributed by atoms with Gasteiger partial charge in [0.25, 0.3) is 0 Å². The topological polar surface area (TPSA) is 69.3 Å². The lowest BCUT2D eigenvalue weighted by Crippen LogP contribution is -2.08. The first-order valence-electron chi connectivity index (χ1n) is 4.94. The molecule has 0 aliphatic carbocycles. The number of benzene rings is 1. The Labute approximate surface area is 97.6 Å². The van der Waals surface area contributed by atoms with Crippen LogP contribution in [0, 0.1) is 10.1 Å². The van der Waals surface area contributed by atoms with E-state index in [9.17, 15) is 10.1 Å². The van der Waals surface area contributed by atoms with Crippen LogP contribution in [0.25, 0.3) is 0 Å². The number of nitrogens with zero attached hydrogens (tertiary/aromatic N) is 2. The lowest BCUT2D eigenvalue weighted by atomic mass is 10.2. The van der Waals surface area contributed by atoms with Gasteiger partial charge in [-0.15, -0.1) is 0 Å². The van der Waals surface area contributed by atoms with Crippen molar-refractivity contribution in [3.05, 3.63) is 52.8 Å². The fraction of sp³-hybridized carbons (Fsp3) is 0.0909. The normalized spacial score (nSPS) is 9.94. The highest BCUT2D eigenvalue weighted by Crippen LogP contribution is 2.34. The first-order valence-corrected chi connectivity index (χ1v) is 4.94. The first-order chi connectivity index (χ1) is 8.22. The predicted molar refractivity (Wildman–Crippen MR) is 63.1 cm³/mol. The number of hydrogen-bond acceptors (Lipinski definition) is 4. The van der Waals surface area contributed by atoms with Crippen LogP contribution in [0.15, 0.2) is 42.7 Å². The minimum atomic E-state index is -0.468. The van der Waals surface area contributed by atoms with Gasteiger partial charge in [-0.2, -0.15) is 0 Å². The molecule has 1 aromatic heterocycles. The smallest absolute Gasteiger partial charge is 0.335 e. The van der Waals surface area contributed by atoms with Gasteiger partial charge in [0.05, 0.1) is 12.0 Å². The van der Waals surface area contributed by atoms with Crippen LogP contribution in [0.2, 0.25) is 0 Å². The van der Waals surface area contributed by atoms with Crippen molar-refractivity contribution in [1.82, 2.24) is 4.68 Å². The zero-order valence-corrected chi connectivity index (χ0v) is 9.16. The number of hydrogen-bond donors (Lipinski definition) is 1. The first kappa shape index (κ1) is 11.0.